The summed E-state index contributed by atoms with van der Waals surface area (Å²) < 4.78 is 0. The molecule has 0 spiro atoms. The van der Waals surface area contributed by atoms with Crippen molar-refractivity contribution in [1.29, 1.82) is 0 Å². The molecular weight excluding hydrogens is 214 g/mol. The lowest BCUT2D eigenvalue weighted by Crippen LogP contribution is -2.35. The molecule has 2 atom stereocenters. The summed E-state index contributed by atoms with van der Waals surface area (Å²) in [5, 5.41) is 9.44. The molecule has 1 aliphatic heterocycles. The van der Waals surface area contributed by atoms with Gasteiger partial charge in [-0.2, -0.15) is 0 Å². The van der Waals surface area contributed by atoms with Crippen molar-refractivity contribution < 1.29 is 9.90 Å². The number of carboxylic acids is 1. The Morgan fingerprint density at radius 2 is 2.12 bits per heavy atom. The van der Waals surface area contributed by atoms with Gasteiger partial charge in [-0.25, -0.2) is 4.79 Å². The van der Waals surface area contributed by atoms with Crippen molar-refractivity contribution >= 4 is 5.97 Å². The molecule has 0 bridgehead atoms. The molecule has 0 aliphatic carbocycles. The first-order chi connectivity index (χ1) is 8.11. The van der Waals surface area contributed by atoms with Crippen molar-refractivity contribution in [1.82, 2.24) is 4.90 Å². The topological polar surface area (TPSA) is 40.5 Å². The quantitative estimate of drug-likeness (QED) is 0.869. The highest BCUT2D eigenvalue weighted by atomic mass is 16.4. The Balaban J connectivity index is 2.36. The van der Waals surface area contributed by atoms with E-state index < -0.39 is 12.0 Å². The van der Waals surface area contributed by atoms with Crippen LogP contribution in [0.2, 0.25) is 0 Å². The summed E-state index contributed by atoms with van der Waals surface area (Å²) in [6.07, 6.45) is 1.87. The molecule has 1 heterocycles. The number of carbonyl (C=O) groups is 1. The molecule has 0 saturated carbocycles. The van der Waals surface area contributed by atoms with Gasteiger partial charge in [0.1, 0.15) is 0 Å². The molecule has 3 nitrogen and oxygen atoms in total. The molecule has 1 N–H and O–H groups in total. The van der Waals surface area contributed by atoms with Crippen LogP contribution < -0.4 is 0 Å². The zero-order valence-electron chi connectivity index (χ0n) is 9.97. The van der Waals surface area contributed by atoms with Gasteiger partial charge in [0.2, 0.25) is 0 Å². The Kier molecular flexibility index (Phi) is 3.18. The molecule has 0 aromatic heterocycles. The van der Waals surface area contributed by atoms with Gasteiger partial charge in [-0.05, 0) is 25.3 Å². The highest BCUT2D eigenvalue weighted by Gasteiger charge is 2.34. The molecular formula is C14H17NO2. The molecule has 0 radical (unpaired) electrons. The molecule has 1 aromatic rings. The number of carboxylic acid groups (broad SMARTS) is 1. The lowest BCUT2D eigenvalue weighted by molar-refractivity contribution is -0.143. The minimum atomic E-state index is -0.814. The third-order valence-electron chi connectivity index (χ3n) is 3.32. The van der Waals surface area contributed by atoms with Crippen LogP contribution in [0.25, 0.3) is 0 Å². The van der Waals surface area contributed by atoms with E-state index in [1.165, 1.54) is 0 Å². The fourth-order valence-corrected chi connectivity index (χ4v) is 2.45. The maximum absolute atomic E-state index is 11.5. The van der Waals surface area contributed by atoms with Crippen molar-refractivity contribution in [3.63, 3.8) is 0 Å². The number of nitrogens with zero attached hydrogens (tertiary/aromatic N) is 1. The molecule has 0 amide bonds. The first-order valence-electron chi connectivity index (χ1n) is 5.85. The predicted octanol–water partition coefficient (Wildman–Crippen LogP) is 2.81. The van der Waals surface area contributed by atoms with Crippen LogP contribution in [0.3, 0.4) is 0 Å². The Labute approximate surface area is 101 Å². The number of hydrogen-bond donors (Lipinski definition) is 1. The Morgan fingerprint density at radius 3 is 2.59 bits per heavy atom. The number of likely N-dealkylation sites (tertiary alicyclic amines) is 1. The van der Waals surface area contributed by atoms with Crippen molar-refractivity contribution in [3.8, 4) is 0 Å². The van der Waals surface area contributed by atoms with Gasteiger partial charge >= 0.3 is 5.97 Å². The van der Waals surface area contributed by atoms with Crippen molar-refractivity contribution in [2.75, 3.05) is 0 Å². The fraction of sp³-hybridized carbons (Fsp3) is 0.357. The van der Waals surface area contributed by atoms with Crippen LogP contribution in [0.4, 0.5) is 0 Å². The molecule has 17 heavy (non-hydrogen) atoms. The average molecular weight is 231 g/mol. The predicted molar refractivity (Wildman–Crippen MR) is 66.5 cm³/mol. The van der Waals surface area contributed by atoms with E-state index in [-0.39, 0.29) is 6.04 Å². The number of allylic oxidation sites excluding steroid dienone is 1. The van der Waals surface area contributed by atoms with Crippen LogP contribution in [-0.4, -0.2) is 22.0 Å². The van der Waals surface area contributed by atoms with Gasteiger partial charge in [0.05, 0.1) is 0 Å². The van der Waals surface area contributed by atoms with E-state index in [0.29, 0.717) is 0 Å². The van der Waals surface area contributed by atoms with Crippen molar-refractivity contribution in [2.24, 2.45) is 0 Å². The molecule has 1 fully saturated rings. The lowest BCUT2D eigenvalue weighted by Gasteiger charge is -2.31. The highest BCUT2D eigenvalue weighted by molar-refractivity contribution is 5.76. The third-order valence-corrected chi connectivity index (χ3v) is 3.32. The smallest absolute Gasteiger partial charge is 0.331 e. The first kappa shape index (κ1) is 11.7. The average Bonchev–Trinajstić information content (AvgIpc) is 2.62. The Hall–Kier alpha value is -1.77. The number of benzene rings is 1. The van der Waals surface area contributed by atoms with Crippen LogP contribution in [-0.2, 0) is 4.79 Å². The summed E-state index contributed by atoms with van der Waals surface area (Å²) >= 11 is 0. The summed E-state index contributed by atoms with van der Waals surface area (Å²) in [6, 6.07) is 8.98. The van der Waals surface area contributed by atoms with E-state index >= 15 is 0 Å². The fourth-order valence-electron chi connectivity index (χ4n) is 2.45. The second kappa shape index (κ2) is 4.62. The van der Waals surface area contributed by atoms with E-state index in [1.54, 1.807) is 0 Å². The molecule has 3 heteroatoms. The van der Waals surface area contributed by atoms with Crippen molar-refractivity contribution in [3.05, 3.63) is 48.2 Å². The van der Waals surface area contributed by atoms with E-state index in [4.69, 9.17) is 0 Å². The van der Waals surface area contributed by atoms with Gasteiger partial charge in [0.15, 0.2) is 6.04 Å². The molecule has 2 rings (SSSR count). The normalized spacial score (nSPS) is 21.6. The van der Waals surface area contributed by atoms with Crippen LogP contribution in [0.1, 0.15) is 31.4 Å². The summed E-state index contributed by atoms with van der Waals surface area (Å²) in [6.45, 7) is 6.03. The van der Waals surface area contributed by atoms with Crippen LogP contribution in [0, 0.1) is 0 Å². The summed E-state index contributed by atoms with van der Waals surface area (Å²) in [5.41, 5.74) is 1.74. The minimum Gasteiger partial charge on any atom is -0.479 e. The minimum absolute atomic E-state index is 0.240. The zero-order chi connectivity index (χ0) is 12.4. The van der Waals surface area contributed by atoms with Crippen molar-refractivity contribution in [2.45, 2.75) is 31.8 Å². The summed E-state index contributed by atoms with van der Waals surface area (Å²) in [7, 11) is 0. The maximum atomic E-state index is 11.5. The van der Waals surface area contributed by atoms with E-state index in [9.17, 15) is 9.90 Å². The van der Waals surface area contributed by atoms with Gasteiger partial charge < -0.3 is 10.0 Å². The van der Waals surface area contributed by atoms with Gasteiger partial charge in [-0.1, -0.05) is 36.9 Å². The van der Waals surface area contributed by atoms with Crippen LogP contribution in [0.5, 0.6) is 0 Å². The molecule has 1 aromatic carbocycles. The SMILES string of the molecule is C=C1CCC(C)N1C(C(=O)O)c1ccccc1. The summed E-state index contributed by atoms with van der Waals surface area (Å²) in [4.78, 5) is 13.4. The number of aliphatic carboxylic acids is 1. The zero-order valence-corrected chi connectivity index (χ0v) is 9.97. The van der Waals surface area contributed by atoms with Gasteiger partial charge in [-0.15, -0.1) is 0 Å². The van der Waals surface area contributed by atoms with Gasteiger partial charge in [-0.3, -0.25) is 0 Å². The largest absolute Gasteiger partial charge is 0.479 e. The molecule has 1 aliphatic rings. The van der Waals surface area contributed by atoms with E-state index in [2.05, 4.69) is 13.5 Å². The molecule has 1 saturated heterocycles. The van der Waals surface area contributed by atoms with Crippen LogP contribution >= 0.6 is 0 Å². The standard InChI is InChI=1S/C14H17NO2/c1-10-8-9-11(2)15(10)13(14(16)17)12-6-4-3-5-7-12/h3-7,11,13H,1,8-9H2,2H3,(H,16,17). The first-order valence-corrected chi connectivity index (χ1v) is 5.85. The third kappa shape index (κ3) is 2.18. The molecule has 2 unspecified atom stereocenters. The van der Waals surface area contributed by atoms with Gasteiger partial charge in [0.25, 0.3) is 0 Å². The number of hydrogen-bond acceptors (Lipinski definition) is 2. The van der Waals surface area contributed by atoms with Gasteiger partial charge in [0, 0.05) is 11.7 Å². The second-order valence-electron chi connectivity index (χ2n) is 4.51. The maximum Gasteiger partial charge on any atom is 0.331 e. The lowest BCUT2D eigenvalue weighted by atomic mass is 10.0. The van der Waals surface area contributed by atoms with E-state index in [1.807, 2.05) is 35.2 Å². The summed E-state index contributed by atoms with van der Waals surface area (Å²) in [5.74, 6) is -0.814. The number of rotatable bonds is 3. The second-order valence-corrected chi connectivity index (χ2v) is 4.51. The van der Waals surface area contributed by atoms with E-state index in [0.717, 1.165) is 24.1 Å². The Bertz CT molecular complexity index is 427. The van der Waals surface area contributed by atoms with Crippen LogP contribution in [0.15, 0.2) is 42.6 Å². The highest BCUT2D eigenvalue weighted by Crippen LogP contribution is 2.35. The molecule has 90 valence electrons. The Morgan fingerprint density at radius 1 is 1.47 bits per heavy atom. The monoisotopic (exact) mass is 231 g/mol.